The summed E-state index contributed by atoms with van der Waals surface area (Å²) >= 11 is 1.76. The number of para-hydroxylation sites is 1. The molecular formula is C25H26IrNO2SSi-. The Balaban J connectivity index is 0.000000373. The molecule has 1 N–H and O–H groups in total. The number of pyridine rings is 1. The van der Waals surface area contributed by atoms with Gasteiger partial charge in [-0.15, -0.1) is 35.0 Å². The Bertz CT molecular complexity index is 1220. The van der Waals surface area contributed by atoms with Crippen molar-refractivity contribution in [2.45, 2.75) is 33.5 Å². The number of hydrogen-bond acceptors (Lipinski definition) is 4. The van der Waals surface area contributed by atoms with Crippen LogP contribution in [-0.4, -0.2) is 23.9 Å². The van der Waals surface area contributed by atoms with E-state index in [1.54, 1.807) is 11.3 Å². The van der Waals surface area contributed by atoms with Gasteiger partial charge in [0.2, 0.25) is 0 Å². The molecule has 6 heteroatoms. The van der Waals surface area contributed by atoms with Crippen LogP contribution < -0.4 is 5.19 Å². The van der Waals surface area contributed by atoms with Gasteiger partial charge in [0, 0.05) is 50.0 Å². The van der Waals surface area contributed by atoms with Crippen molar-refractivity contribution in [1.29, 1.82) is 0 Å². The fourth-order valence-corrected chi connectivity index (χ4v) is 5.19. The summed E-state index contributed by atoms with van der Waals surface area (Å²) in [5.74, 6) is -0.0625. The van der Waals surface area contributed by atoms with E-state index in [0.29, 0.717) is 0 Å². The van der Waals surface area contributed by atoms with E-state index in [4.69, 9.17) is 10.1 Å². The van der Waals surface area contributed by atoms with Crippen molar-refractivity contribution in [2.75, 3.05) is 0 Å². The number of benzene rings is 2. The molecule has 3 nitrogen and oxygen atoms in total. The summed E-state index contributed by atoms with van der Waals surface area (Å²) in [6.07, 6.45) is 1.17. The van der Waals surface area contributed by atoms with Crippen LogP contribution in [0.4, 0.5) is 0 Å². The van der Waals surface area contributed by atoms with Crippen LogP contribution in [0.3, 0.4) is 0 Å². The minimum atomic E-state index is -1.29. The summed E-state index contributed by atoms with van der Waals surface area (Å²) in [5.41, 5.74) is 3.19. The van der Waals surface area contributed by atoms with Crippen molar-refractivity contribution < 1.29 is 30.0 Å². The average molecular weight is 625 g/mol. The van der Waals surface area contributed by atoms with Crippen LogP contribution in [0.2, 0.25) is 19.6 Å². The molecular weight excluding hydrogens is 599 g/mol. The topological polar surface area (TPSA) is 50.2 Å². The summed E-state index contributed by atoms with van der Waals surface area (Å²) in [7, 11) is -1.29. The first kappa shape index (κ1) is 25.1. The summed E-state index contributed by atoms with van der Waals surface area (Å²) in [6, 6.07) is 20.7. The molecule has 0 aliphatic carbocycles. The number of allylic oxidation sites excluding steroid dienone is 2. The minimum absolute atomic E-state index is 0. The van der Waals surface area contributed by atoms with E-state index in [2.05, 4.69) is 79.6 Å². The number of thiophene rings is 1. The maximum absolute atomic E-state index is 10.0. The number of carbonyl (C=O) groups is 1. The number of carbonyl (C=O) groups excluding carboxylic acids is 1. The molecule has 2 aromatic heterocycles. The Morgan fingerprint density at radius 1 is 1.06 bits per heavy atom. The first-order chi connectivity index (χ1) is 14.2. The molecule has 0 amide bonds. The molecule has 2 aromatic carbocycles. The van der Waals surface area contributed by atoms with Gasteiger partial charge in [-0.3, -0.25) is 9.78 Å². The van der Waals surface area contributed by atoms with E-state index < -0.39 is 8.07 Å². The fourth-order valence-electron chi connectivity index (χ4n) is 3.19. The summed E-state index contributed by atoms with van der Waals surface area (Å²) < 4.78 is 1.25. The maximum atomic E-state index is 10.0. The van der Waals surface area contributed by atoms with E-state index in [1.165, 1.54) is 40.6 Å². The van der Waals surface area contributed by atoms with Crippen molar-refractivity contribution in [3.8, 4) is 11.3 Å². The maximum Gasteiger partial charge on any atom is 0.155 e. The molecule has 0 saturated heterocycles. The van der Waals surface area contributed by atoms with E-state index in [0.717, 1.165) is 16.8 Å². The average Bonchev–Trinajstić information content (AvgIpc) is 3.16. The quantitative estimate of drug-likeness (QED) is 0.123. The fraction of sp³-hybridized carbons (Fsp3) is 0.200. The molecule has 31 heavy (non-hydrogen) atoms. The van der Waals surface area contributed by atoms with Gasteiger partial charge in [-0.25, -0.2) is 0 Å². The summed E-state index contributed by atoms with van der Waals surface area (Å²) in [4.78, 5) is 14.9. The van der Waals surface area contributed by atoms with Gasteiger partial charge in [-0.1, -0.05) is 37.8 Å². The number of hydrogen-bond donors (Lipinski definition) is 1. The Morgan fingerprint density at radius 2 is 1.77 bits per heavy atom. The van der Waals surface area contributed by atoms with Crippen molar-refractivity contribution in [2.24, 2.45) is 0 Å². The summed E-state index contributed by atoms with van der Waals surface area (Å²) in [6.45, 7) is 9.94. The number of fused-ring (bicyclic) bond motifs is 3. The molecule has 0 spiro atoms. The van der Waals surface area contributed by atoms with E-state index in [-0.39, 0.29) is 31.6 Å². The Morgan fingerprint density at radius 3 is 2.32 bits per heavy atom. The van der Waals surface area contributed by atoms with Crippen LogP contribution in [0, 0.1) is 6.07 Å². The van der Waals surface area contributed by atoms with Gasteiger partial charge in [-0.05, 0) is 36.7 Å². The minimum Gasteiger partial charge on any atom is -0.512 e. The Kier molecular flexibility index (Phi) is 8.49. The molecule has 1 radical (unpaired) electrons. The van der Waals surface area contributed by atoms with Gasteiger partial charge in [-0.2, -0.15) is 11.3 Å². The largest absolute Gasteiger partial charge is 0.512 e. The van der Waals surface area contributed by atoms with Crippen molar-refractivity contribution in [3.05, 3.63) is 71.8 Å². The number of ketones is 1. The normalized spacial score (nSPS) is 11.6. The SMILES string of the molecule is CC(=O)/C=C(/C)O.C[Si](C)(C)c1c[c-]c(-c2nc3ccccc3c3ccsc23)cc1.[Ir]. The molecule has 0 bridgehead atoms. The number of aliphatic hydroxyl groups is 1. The van der Waals surface area contributed by atoms with Gasteiger partial charge >= 0.3 is 0 Å². The second-order valence-electron chi connectivity index (χ2n) is 8.28. The predicted molar refractivity (Wildman–Crippen MR) is 131 cm³/mol. The molecule has 0 aliphatic rings. The zero-order valence-corrected chi connectivity index (χ0v) is 22.5. The van der Waals surface area contributed by atoms with Crippen LogP contribution in [0.5, 0.6) is 0 Å². The standard InChI is InChI=1S/C20H18NSSi.C5H8O2.Ir/c1-23(2,3)15-10-8-14(9-11-15)19-20-17(12-13-22-20)16-6-4-5-7-18(16)21-19;1-4(6)3-5(2)7;/h4-8,10-13H,1-3H3;3,6H,1-2H3;/q-1;;/b;4-3-;. The second-order valence-corrected chi connectivity index (χ2v) is 14.3. The molecule has 4 aromatic rings. The van der Waals surface area contributed by atoms with E-state index in [1.807, 2.05) is 0 Å². The van der Waals surface area contributed by atoms with Crippen LogP contribution in [0.25, 0.3) is 32.2 Å². The van der Waals surface area contributed by atoms with Crippen LogP contribution in [0.1, 0.15) is 13.8 Å². The first-order valence-corrected chi connectivity index (χ1v) is 14.2. The Labute approximate surface area is 202 Å². The van der Waals surface area contributed by atoms with E-state index >= 15 is 0 Å². The number of rotatable bonds is 3. The monoisotopic (exact) mass is 625 g/mol. The number of nitrogens with zero attached hydrogens (tertiary/aromatic N) is 1. The smallest absolute Gasteiger partial charge is 0.155 e. The zero-order valence-electron chi connectivity index (χ0n) is 18.3. The van der Waals surface area contributed by atoms with Gasteiger partial charge in [0.25, 0.3) is 0 Å². The third-order valence-electron chi connectivity index (χ3n) is 4.65. The van der Waals surface area contributed by atoms with Crippen LogP contribution >= 0.6 is 11.3 Å². The van der Waals surface area contributed by atoms with E-state index in [9.17, 15) is 4.79 Å². The predicted octanol–water partition coefficient (Wildman–Crippen LogP) is 6.50. The molecule has 0 fully saturated rings. The Hall–Kier alpha value is -2.11. The number of aliphatic hydroxyl groups excluding tert-OH is 1. The summed E-state index contributed by atoms with van der Waals surface area (Å²) in [5, 5.41) is 14.5. The molecule has 2 heterocycles. The third kappa shape index (κ3) is 6.20. The van der Waals surface area contributed by atoms with Crippen molar-refractivity contribution in [1.82, 2.24) is 4.98 Å². The molecule has 4 rings (SSSR count). The molecule has 0 saturated carbocycles. The van der Waals surface area contributed by atoms with Gasteiger partial charge < -0.3 is 5.11 Å². The second kappa shape index (κ2) is 10.5. The van der Waals surface area contributed by atoms with Crippen molar-refractivity contribution >= 4 is 51.4 Å². The molecule has 163 valence electrons. The van der Waals surface area contributed by atoms with Gasteiger partial charge in [0.05, 0.1) is 11.3 Å². The molecule has 0 atom stereocenters. The van der Waals surface area contributed by atoms with Crippen molar-refractivity contribution in [3.63, 3.8) is 0 Å². The van der Waals surface area contributed by atoms with Gasteiger partial charge in [0.15, 0.2) is 5.78 Å². The first-order valence-electron chi connectivity index (χ1n) is 9.83. The molecule has 0 aliphatic heterocycles. The van der Waals surface area contributed by atoms with Gasteiger partial charge in [0.1, 0.15) is 0 Å². The number of aromatic nitrogens is 1. The molecule has 0 unspecified atom stereocenters. The third-order valence-corrected chi connectivity index (χ3v) is 7.62. The van der Waals surface area contributed by atoms with Crippen LogP contribution in [-0.2, 0) is 24.9 Å². The van der Waals surface area contributed by atoms with Crippen LogP contribution in [0.15, 0.2) is 65.7 Å². The zero-order chi connectivity index (χ0) is 21.9.